The highest BCUT2D eigenvalue weighted by Gasteiger charge is 2.56. The molecule has 3 saturated carbocycles. The van der Waals surface area contributed by atoms with Crippen LogP contribution >= 0.6 is 0 Å². The van der Waals surface area contributed by atoms with E-state index in [4.69, 9.17) is 4.74 Å². The van der Waals surface area contributed by atoms with Crippen molar-refractivity contribution in [1.82, 2.24) is 9.78 Å². The number of aromatic nitrogens is 2. The second-order valence-corrected chi connectivity index (χ2v) is 7.75. The SMILES string of the molecule is CCOC(=O)Cn1ncc(N[C@@H]2C[C@H]3C[C@H]([C@@H]2C)C3(C)C)cc1=O. The van der Waals surface area contributed by atoms with Crippen molar-refractivity contribution in [3.8, 4) is 0 Å². The maximum atomic E-state index is 12.1. The number of fused-ring (bicyclic) bond motifs is 2. The van der Waals surface area contributed by atoms with Crippen molar-refractivity contribution in [3.63, 3.8) is 0 Å². The lowest BCUT2D eigenvalue weighted by atomic mass is 9.45. The first-order chi connectivity index (χ1) is 11.3. The number of esters is 1. The normalized spacial score (nSPS) is 30.3. The van der Waals surface area contributed by atoms with E-state index in [1.54, 1.807) is 13.1 Å². The van der Waals surface area contributed by atoms with Crippen molar-refractivity contribution in [2.75, 3.05) is 11.9 Å². The van der Waals surface area contributed by atoms with Crippen LogP contribution in [0.2, 0.25) is 0 Å². The summed E-state index contributed by atoms with van der Waals surface area (Å²) in [5.74, 6) is 1.63. The number of ether oxygens (including phenoxy) is 1. The summed E-state index contributed by atoms with van der Waals surface area (Å²) in [6.07, 6.45) is 4.08. The molecule has 6 nitrogen and oxygen atoms in total. The van der Waals surface area contributed by atoms with Crippen LogP contribution in [-0.4, -0.2) is 28.4 Å². The molecule has 4 atom stereocenters. The molecule has 3 fully saturated rings. The number of hydrogen-bond acceptors (Lipinski definition) is 5. The average molecular weight is 333 g/mol. The first-order valence-corrected chi connectivity index (χ1v) is 8.82. The number of hydrogen-bond donors (Lipinski definition) is 1. The molecule has 0 unspecified atom stereocenters. The van der Waals surface area contributed by atoms with Gasteiger partial charge in [0.1, 0.15) is 6.54 Å². The Morgan fingerprint density at radius 3 is 2.79 bits per heavy atom. The van der Waals surface area contributed by atoms with Crippen LogP contribution in [-0.2, 0) is 16.1 Å². The molecule has 0 amide bonds. The minimum atomic E-state index is -0.448. The van der Waals surface area contributed by atoms with E-state index in [0.717, 1.165) is 28.6 Å². The largest absolute Gasteiger partial charge is 0.465 e. The highest BCUT2D eigenvalue weighted by atomic mass is 16.5. The lowest BCUT2D eigenvalue weighted by molar-refractivity contribution is -0.144. The van der Waals surface area contributed by atoms with Crippen LogP contribution < -0.4 is 10.9 Å². The molecule has 132 valence electrons. The first-order valence-electron chi connectivity index (χ1n) is 8.82. The molecule has 3 aliphatic carbocycles. The zero-order chi connectivity index (χ0) is 17.5. The van der Waals surface area contributed by atoms with Gasteiger partial charge < -0.3 is 10.1 Å². The highest BCUT2D eigenvalue weighted by Crippen LogP contribution is 2.61. The van der Waals surface area contributed by atoms with Crippen LogP contribution in [0.3, 0.4) is 0 Å². The van der Waals surface area contributed by atoms with Crippen LogP contribution in [0.25, 0.3) is 0 Å². The number of carbonyl (C=O) groups excluding carboxylic acids is 1. The predicted octanol–water partition coefficient (Wildman–Crippen LogP) is 2.29. The second kappa shape index (κ2) is 6.22. The van der Waals surface area contributed by atoms with Crippen molar-refractivity contribution >= 4 is 11.7 Å². The monoisotopic (exact) mass is 333 g/mol. The standard InChI is InChI=1S/C18H27N3O3/c1-5-24-17(23)10-21-16(22)8-13(9-19-21)20-15-7-12-6-14(11(15)2)18(12,3)4/h8-9,11-12,14-15,20H,5-7,10H2,1-4H3/t11-,12+,14+,15+/m0/s1. The maximum Gasteiger partial charge on any atom is 0.327 e. The minimum Gasteiger partial charge on any atom is -0.465 e. The predicted molar refractivity (Wildman–Crippen MR) is 91.7 cm³/mol. The van der Waals surface area contributed by atoms with Crippen molar-refractivity contribution in [1.29, 1.82) is 0 Å². The molecule has 4 rings (SSSR count). The summed E-state index contributed by atoms with van der Waals surface area (Å²) in [5.41, 5.74) is 0.886. The van der Waals surface area contributed by atoms with E-state index in [2.05, 4.69) is 31.2 Å². The number of nitrogens with one attached hydrogen (secondary N) is 1. The van der Waals surface area contributed by atoms with Gasteiger partial charge in [0, 0.05) is 12.1 Å². The van der Waals surface area contributed by atoms with Gasteiger partial charge in [0.2, 0.25) is 0 Å². The average Bonchev–Trinajstić information content (AvgIpc) is 2.51. The van der Waals surface area contributed by atoms with E-state index >= 15 is 0 Å². The Hall–Kier alpha value is -1.85. The molecule has 0 aromatic carbocycles. The van der Waals surface area contributed by atoms with E-state index in [1.165, 1.54) is 12.5 Å². The molecule has 1 heterocycles. The summed E-state index contributed by atoms with van der Waals surface area (Å²) in [4.78, 5) is 23.6. The first kappa shape index (κ1) is 17.0. The number of anilines is 1. The van der Waals surface area contributed by atoms with Crippen molar-refractivity contribution in [2.24, 2.45) is 23.2 Å². The molecule has 0 saturated heterocycles. The van der Waals surface area contributed by atoms with Crippen molar-refractivity contribution in [3.05, 3.63) is 22.6 Å². The topological polar surface area (TPSA) is 73.2 Å². The van der Waals surface area contributed by atoms with Crippen LogP contribution in [0, 0.1) is 23.2 Å². The maximum absolute atomic E-state index is 12.1. The van der Waals surface area contributed by atoms with Gasteiger partial charge >= 0.3 is 5.97 Å². The summed E-state index contributed by atoms with van der Waals surface area (Å²) in [6, 6.07) is 1.90. The summed E-state index contributed by atoms with van der Waals surface area (Å²) in [5, 5.41) is 7.57. The third kappa shape index (κ3) is 2.94. The van der Waals surface area contributed by atoms with Crippen LogP contribution in [0.1, 0.15) is 40.5 Å². The van der Waals surface area contributed by atoms with Gasteiger partial charge in [0.25, 0.3) is 5.56 Å². The van der Waals surface area contributed by atoms with Crippen LogP contribution in [0.15, 0.2) is 17.1 Å². The molecular formula is C18H27N3O3. The Morgan fingerprint density at radius 2 is 2.21 bits per heavy atom. The third-order valence-electron chi connectivity index (χ3n) is 6.16. The smallest absolute Gasteiger partial charge is 0.327 e. The van der Waals surface area contributed by atoms with Gasteiger partial charge in [0.15, 0.2) is 0 Å². The van der Waals surface area contributed by atoms with E-state index < -0.39 is 5.97 Å². The van der Waals surface area contributed by atoms with Gasteiger partial charge in [-0.25, -0.2) is 4.68 Å². The number of carbonyl (C=O) groups is 1. The highest BCUT2D eigenvalue weighted by molar-refractivity contribution is 5.69. The summed E-state index contributed by atoms with van der Waals surface area (Å²) in [6.45, 7) is 8.93. The van der Waals surface area contributed by atoms with Crippen LogP contribution in [0.4, 0.5) is 5.69 Å². The number of rotatable bonds is 5. The molecule has 1 aromatic rings. The fraction of sp³-hybridized carbons (Fsp3) is 0.722. The van der Waals surface area contributed by atoms with Gasteiger partial charge in [0.05, 0.1) is 18.5 Å². The molecule has 2 bridgehead atoms. The van der Waals surface area contributed by atoms with Gasteiger partial charge in [-0.2, -0.15) is 5.10 Å². The summed E-state index contributed by atoms with van der Waals surface area (Å²) < 4.78 is 5.98. The molecule has 24 heavy (non-hydrogen) atoms. The van der Waals surface area contributed by atoms with Gasteiger partial charge in [-0.15, -0.1) is 0 Å². The molecule has 1 N–H and O–H groups in total. The summed E-state index contributed by atoms with van der Waals surface area (Å²) in [7, 11) is 0. The van der Waals surface area contributed by atoms with E-state index in [9.17, 15) is 9.59 Å². The third-order valence-corrected chi connectivity index (χ3v) is 6.16. The quantitative estimate of drug-likeness (QED) is 0.837. The van der Waals surface area contributed by atoms with Crippen molar-refractivity contribution in [2.45, 2.75) is 53.1 Å². The molecule has 3 aliphatic rings. The molecule has 1 aromatic heterocycles. The van der Waals surface area contributed by atoms with Crippen LogP contribution in [0.5, 0.6) is 0 Å². The van der Waals surface area contributed by atoms with E-state index in [0.29, 0.717) is 24.0 Å². The summed E-state index contributed by atoms with van der Waals surface area (Å²) >= 11 is 0. The van der Waals surface area contributed by atoms with Crippen molar-refractivity contribution < 1.29 is 9.53 Å². The molecule has 0 aliphatic heterocycles. The molecule has 0 radical (unpaired) electrons. The lowest BCUT2D eigenvalue weighted by Gasteiger charge is -2.62. The Morgan fingerprint density at radius 1 is 1.46 bits per heavy atom. The Balaban J connectivity index is 1.66. The Labute approximate surface area is 142 Å². The Kier molecular flexibility index (Phi) is 4.40. The minimum absolute atomic E-state index is 0.148. The second-order valence-electron chi connectivity index (χ2n) is 7.75. The Bertz CT molecular complexity index is 682. The molecule has 6 heteroatoms. The van der Waals surface area contributed by atoms with E-state index in [1.807, 2.05) is 0 Å². The molecule has 0 spiro atoms. The van der Waals surface area contributed by atoms with Gasteiger partial charge in [-0.05, 0) is 42.9 Å². The van der Waals surface area contributed by atoms with E-state index in [-0.39, 0.29) is 12.1 Å². The zero-order valence-electron chi connectivity index (χ0n) is 14.9. The fourth-order valence-corrected chi connectivity index (χ4v) is 4.51. The molecular weight excluding hydrogens is 306 g/mol. The fourth-order valence-electron chi connectivity index (χ4n) is 4.51. The zero-order valence-corrected chi connectivity index (χ0v) is 14.9. The number of nitrogens with zero attached hydrogens (tertiary/aromatic N) is 2. The van der Waals surface area contributed by atoms with Gasteiger partial charge in [-0.1, -0.05) is 20.8 Å². The lowest BCUT2D eigenvalue weighted by Crippen LogP contribution is -2.58. The van der Waals surface area contributed by atoms with Gasteiger partial charge in [-0.3, -0.25) is 9.59 Å².